The molecule has 2 aromatic rings. The molecule has 0 bridgehead atoms. The number of likely N-dealkylation sites (N-methyl/N-ethyl adjacent to an activating group) is 1. The van der Waals surface area contributed by atoms with Crippen LogP contribution in [0.2, 0.25) is 0 Å². The molecule has 0 atom stereocenters. The van der Waals surface area contributed by atoms with Crippen LogP contribution in [0.4, 0.5) is 0 Å². The average molecular weight is 359 g/mol. The lowest BCUT2D eigenvalue weighted by molar-refractivity contribution is -0.133. The molecule has 0 aromatic heterocycles. The number of nitrogens with zero attached hydrogens (tertiary/aromatic N) is 1. The first-order chi connectivity index (χ1) is 11.9. The molecule has 25 heavy (non-hydrogen) atoms. The van der Waals surface area contributed by atoms with Gasteiger partial charge in [-0.1, -0.05) is 24.3 Å². The first kappa shape index (κ1) is 15.5. The first-order valence-electron chi connectivity index (χ1n) is 7.37. The molecule has 128 valence electrons. The lowest BCUT2D eigenvalue weighted by atomic mass is 9.95. The number of hydrogen-bond acceptors (Lipinski definition) is 5. The van der Waals surface area contributed by atoms with Crippen molar-refractivity contribution >= 4 is 21.6 Å². The number of carboxylic acid groups (broad SMARTS) is 1. The smallest absolute Gasteiger partial charge is 0.353 e. The summed E-state index contributed by atoms with van der Waals surface area (Å²) in [4.78, 5) is 11.9. The van der Waals surface area contributed by atoms with Crippen LogP contribution in [-0.2, 0) is 14.8 Å². The van der Waals surface area contributed by atoms with Crippen LogP contribution >= 0.6 is 0 Å². The predicted octanol–water partition coefficient (Wildman–Crippen LogP) is 1.89. The topological polar surface area (TPSA) is 93.1 Å². The Morgan fingerprint density at radius 1 is 1.12 bits per heavy atom. The zero-order valence-corrected chi connectivity index (χ0v) is 13.9. The number of fused-ring (bicyclic) bond motifs is 2. The largest absolute Gasteiger partial charge is 0.477 e. The number of ether oxygens (including phenoxy) is 2. The van der Waals surface area contributed by atoms with Crippen molar-refractivity contribution in [1.82, 2.24) is 4.31 Å². The summed E-state index contributed by atoms with van der Waals surface area (Å²) in [7, 11) is -2.69. The summed E-state index contributed by atoms with van der Waals surface area (Å²) in [5, 5.41) is 9.67. The monoisotopic (exact) mass is 359 g/mol. The van der Waals surface area contributed by atoms with Gasteiger partial charge in [-0.3, -0.25) is 4.31 Å². The van der Waals surface area contributed by atoms with Crippen molar-refractivity contribution in [1.29, 1.82) is 0 Å². The number of aliphatic carboxylic acids is 1. The fourth-order valence-corrected chi connectivity index (χ4v) is 4.44. The average Bonchev–Trinajstić information content (AvgIpc) is 3.05. The van der Waals surface area contributed by atoms with Crippen LogP contribution in [0, 0.1) is 0 Å². The maximum absolute atomic E-state index is 12.7. The van der Waals surface area contributed by atoms with Gasteiger partial charge in [-0.05, 0) is 23.8 Å². The van der Waals surface area contributed by atoms with E-state index in [1.54, 1.807) is 36.4 Å². The summed E-state index contributed by atoms with van der Waals surface area (Å²) in [6.07, 6.45) is 0. The highest BCUT2D eigenvalue weighted by atomic mass is 32.2. The van der Waals surface area contributed by atoms with Crippen molar-refractivity contribution in [3.05, 3.63) is 59.3 Å². The number of carboxylic acids is 1. The molecule has 0 fully saturated rings. The first-order valence-corrected chi connectivity index (χ1v) is 8.81. The van der Waals surface area contributed by atoms with E-state index in [1.165, 1.54) is 13.1 Å². The Kier molecular flexibility index (Phi) is 3.26. The van der Waals surface area contributed by atoms with Crippen LogP contribution in [0.25, 0.3) is 5.57 Å². The van der Waals surface area contributed by atoms with Gasteiger partial charge in [0.25, 0.3) is 10.0 Å². The molecule has 0 saturated carbocycles. The Morgan fingerprint density at radius 3 is 2.60 bits per heavy atom. The lowest BCUT2D eigenvalue weighted by Gasteiger charge is -2.29. The Bertz CT molecular complexity index is 1040. The van der Waals surface area contributed by atoms with Crippen molar-refractivity contribution < 1.29 is 27.8 Å². The minimum atomic E-state index is -3.93. The van der Waals surface area contributed by atoms with E-state index in [2.05, 4.69) is 0 Å². The van der Waals surface area contributed by atoms with E-state index in [1.807, 2.05) is 0 Å². The van der Waals surface area contributed by atoms with Crippen LogP contribution in [0.3, 0.4) is 0 Å². The highest BCUT2D eigenvalue weighted by molar-refractivity contribution is 7.89. The second kappa shape index (κ2) is 5.25. The molecular weight excluding hydrogens is 346 g/mol. The summed E-state index contributed by atoms with van der Waals surface area (Å²) in [5.41, 5.74) is 0.893. The summed E-state index contributed by atoms with van der Waals surface area (Å²) in [5.74, 6) is -0.275. The van der Waals surface area contributed by atoms with E-state index in [9.17, 15) is 18.3 Å². The van der Waals surface area contributed by atoms with Crippen molar-refractivity contribution in [3.8, 4) is 11.5 Å². The van der Waals surface area contributed by atoms with Crippen molar-refractivity contribution in [3.63, 3.8) is 0 Å². The quantitative estimate of drug-likeness (QED) is 0.880. The minimum absolute atomic E-state index is 0.0650. The van der Waals surface area contributed by atoms with Gasteiger partial charge in [-0.25, -0.2) is 13.2 Å². The van der Waals surface area contributed by atoms with Crippen molar-refractivity contribution in [2.24, 2.45) is 0 Å². The molecular formula is C17H13NO6S. The Balaban J connectivity index is 2.06. The maximum Gasteiger partial charge on any atom is 0.353 e. The molecule has 0 spiro atoms. The number of sulfonamides is 1. The molecule has 2 aliphatic rings. The second-order valence-electron chi connectivity index (χ2n) is 5.57. The summed E-state index contributed by atoms with van der Waals surface area (Å²) < 4.78 is 36.8. The number of hydrogen-bond donors (Lipinski definition) is 1. The van der Waals surface area contributed by atoms with Crippen LogP contribution in [0.1, 0.15) is 11.1 Å². The fraction of sp³-hybridized carbons (Fsp3) is 0.118. The molecule has 0 unspecified atom stereocenters. The molecule has 2 heterocycles. The predicted molar refractivity (Wildman–Crippen MR) is 87.6 cm³/mol. The highest BCUT2D eigenvalue weighted by Gasteiger charge is 2.38. The van der Waals surface area contributed by atoms with Crippen LogP contribution in [0.15, 0.2) is 53.1 Å². The van der Waals surface area contributed by atoms with Crippen LogP contribution in [0.5, 0.6) is 11.5 Å². The van der Waals surface area contributed by atoms with Gasteiger partial charge in [0.2, 0.25) is 6.79 Å². The molecule has 2 aliphatic heterocycles. The van der Waals surface area contributed by atoms with Gasteiger partial charge in [0.05, 0.1) is 4.90 Å². The Hall–Kier alpha value is -3.00. The number of carbonyl (C=O) groups is 1. The third-order valence-electron chi connectivity index (χ3n) is 4.21. The van der Waals surface area contributed by atoms with Gasteiger partial charge >= 0.3 is 5.97 Å². The van der Waals surface area contributed by atoms with E-state index in [4.69, 9.17) is 9.47 Å². The van der Waals surface area contributed by atoms with Gasteiger partial charge in [-0.15, -0.1) is 0 Å². The van der Waals surface area contributed by atoms with E-state index < -0.39 is 16.0 Å². The maximum atomic E-state index is 12.7. The zero-order chi connectivity index (χ0) is 17.8. The molecule has 0 radical (unpaired) electrons. The molecule has 0 aliphatic carbocycles. The molecule has 8 heteroatoms. The third-order valence-corrected chi connectivity index (χ3v) is 6.03. The van der Waals surface area contributed by atoms with Crippen molar-refractivity contribution in [2.75, 3.05) is 13.8 Å². The number of rotatable bonds is 2. The fourth-order valence-electron chi connectivity index (χ4n) is 3.04. The van der Waals surface area contributed by atoms with Gasteiger partial charge < -0.3 is 14.6 Å². The minimum Gasteiger partial charge on any atom is -0.477 e. The van der Waals surface area contributed by atoms with Gasteiger partial charge in [0.15, 0.2) is 11.5 Å². The zero-order valence-electron chi connectivity index (χ0n) is 13.1. The highest BCUT2D eigenvalue weighted by Crippen LogP contribution is 2.42. The van der Waals surface area contributed by atoms with E-state index in [0.29, 0.717) is 28.2 Å². The lowest BCUT2D eigenvalue weighted by Crippen LogP contribution is -2.35. The van der Waals surface area contributed by atoms with E-state index in [-0.39, 0.29) is 17.4 Å². The summed E-state index contributed by atoms with van der Waals surface area (Å²) in [6, 6.07) is 11.4. The van der Waals surface area contributed by atoms with E-state index in [0.717, 1.165) is 4.31 Å². The Morgan fingerprint density at radius 2 is 1.84 bits per heavy atom. The Labute approximate surface area is 143 Å². The van der Waals surface area contributed by atoms with Gasteiger partial charge in [-0.2, -0.15) is 0 Å². The van der Waals surface area contributed by atoms with E-state index >= 15 is 0 Å². The molecule has 0 saturated heterocycles. The van der Waals surface area contributed by atoms with Gasteiger partial charge in [0.1, 0.15) is 5.70 Å². The molecule has 0 amide bonds. The molecule has 4 rings (SSSR count). The number of benzene rings is 2. The third kappa shape index (κ3) is 2.18. The normalized spacial score (nSPS) is 17.4. The molecule has 2 aromatic carbocycles. The molecule has 1 N–H and O–H groups in total. The second-order valence-corrected chi connectivity index (χ2v) is 7.50. The van der Waals surface area contributed by atoms with Crippen molar-refractivity contribution in [2.45, 2.75) is 4.90 Å². The SMILES string of the molecule is CN1C(C(=O)O)=C(c2ccc3c(c2)OCO3)c2ccccc2S1(=O)=O. The van der Waals surface area contributed by atoms with Gasteiger partial charge in [0, 0.05) is 18.2 Å². The van der Waals surface area contributed by atoms with Crippen LogP contribution < -0.4 is 9.47 Å². The molecule has 7 nitrogen and oxygen atoms in total. The standard InChI is InChI=1S/C17H13NO6S/c1-18-16(17(19)20)15(10-6-7-12-13(8-10)24-9-23-12)11-4-2-3-5-14(11)25(18,21)22/h2-8H,9H2,1H3,(H,19,20). The summed E-state index contributed by atoms with van der Waals surface area (Å²) >= 11 is 0. The summed E-state index contributed by atoms with van der Waals surface area (Å²) in [6.45, 7) is 0.0918. The van der Waals surface area contributed by atoms with Crippen LogP contribution in [-0.4, -0.2) is 37.6 Å².